The van der Waals surface area contributed by atoms with Gasteiger partial charge in [0.05, 0.1) is 5.92 Å². The van der Waals surface area contributed by atoms with Gasteiger partial charge in [-0.1, -0.05) is 33.6 Å². The first-order chi connectivity index (χ1) is 14.9. The van der Waals surface area contributed by atoms with Crippen LogP contribution >= 0.6 is 27.5 Å². The predicted molar refractivity (Wildman–Crippen MR) is 126 cm³/mol. The van der Waals surface area contributed by atoms with Crippen molar-refractivity contribution < 1.29 is 14.3 Å². The maximum absolute atomic E-state index is 12.7. The van der Waals surface area contributed by atoms with Crippen LogP contribution < -0.4 is 15.0 Å². The molecule has 5 nitrogen and oxygen atoms in total. The molecule has 1 N–H and O–H groups in total. The Labute approximate surface area is 194 Å². The average Bonchev–Trinajstić information content (AvgIpc) is 3.15. The molecule has 4 rings (SSSR count). The van der Waals surface area contributed by atoms with E-state index in [1.165, 1.54) is 0 Å². The fourth-order valence-corrected chi connectivity index (χ4v) is 3.93. The Morgan fingerprint density at radius 1 is 1.06 bits per heavy atom. The molecular formula is C24H20BrClN2O3. The Balaban J connectivity index is 1.38. The van der Waals surface area contributed by atoms with Crippen molar-refractivity contribution in [2.45, 2.75) is 13.3 Å². The standard InChI is InChI=1S/C24H20BrClN2O3/c1-15-21(26)3-2-4-22(15)28-14-16(13-23(28)29)24(30)27-18-7-11-20(12-8-18)31-19-9-5-17(25)6-10-19/h2-12,16H,13-14H2,1H3,(H,27,30)/t16-/m1/s1. The van der Waals surface area contributed by atoms with Crippen LogP contribution in [0.15, 0.2) is 71.2 Å². The van der Waals surface area contributed by atoms with E-state index in [9.17, 15) is 9.59 Å². The molecule has 1 fully saturated rings. The van der Waals surface area contributed by atoms with E-state index in [1.54, 1.807) is 35.2 Å². The molecule has 3 aromatic carbocycles. The number of amides is 2. The third-order valence-corrected chi connectivity index (χ3v) is 6.14. The number of anilines is 2. The molecule has 0 aliphatic carbocycles. The van der Waals surface area contributed by atoms with E-state index >= 15 is 0 Å². The highest BCUT2D eigenvalue weighted by molar-refractivity contribution is 9.10. The van der Waals surface area contributed by atoms with Crippen LogP contribution in [0.2, 0.25) is 5.02 Å². The molecule has 0 bridgehead atoms. The van der Waals surface area contributed by atoms with Gasteiger partial charge in [0.1, 0.15) is 11.5 Å². The summed E-state index contributed by atoms with van der Waals surface area (Å²) < 4.78 is 6.77. The summed E-state index contributed by atoms with van der Waals surface area (Å²) in [5.41, 5.74) is 2.24. The maximum Gasteiger partial charge on any atom is 0.229 e. The zero-order chi connectivity index (χ0) is 22.0. The van der Waals surface area contributed by atoms with Crippen LogP contribution in [0.3, 0.4) is 0 Å². The lowest BCUT2D eigenvalue weighted by molar-refractivity contribution is -0.122. The number of rotatable bonds is 5. The van der Waals surface area contributed by atoms with Crippen LogP contribution in [-0.4, -0.2) is 18.4 Å². The van der Waals surface area contributed by atoms with Crippen molar-refractivity contribution in [2.24, 2.45) is 5.92 Å². The van der Waals surface area contributed by atoms with E-state index in [2.05, 4.69) is 21.2 Å². The van der Waals surface area contributed by atoms with Gasteiger partial charge in [-0.05, 0) is 73.2 Å². The van der Waals surface area contributed by atoms with Gasteiger partial charge in [-0.2, -0.15) is 0 Å². The molecule has 3 aromatic rings. The molecule has 0 aromatic heterocycles. The third-order valence-electron chi connectivity index (χ3n) is 5.20. The zero-order valence-corrected chi connectivity index (χ0v) is 19.1. The minimum absolute atomic E-state index is 0.0798. The summed E-state index contributed by atoms with van der Waals surface area (Å²) in [6.07, 6.45) is 0.169. The first kappa shape index (κ1) is 21.4. The fraction of sp³-hybridized carbons (Fsp3) is 0.167. The molecule has 7 heteroatoms. The van der Waals surface area contributed by atoms with Crippen molar-refractivity contribution in [2.75, 3.05) is 16.8 Å². The summed E-state index contributed by atoms with van der Waals surface area (Å²) >= 11 is 9.58. The fourth-order valence-electron chi connectivity index (χ4n) is 3.49. The van der Waals surface area contributed by atoms with Gasteiger partial charge in [0.2, 0.25) is 11.8 Å². The summed E-state index contributed by atoms with van der Waals surface area (Å²) in [6, 6.07) is 20.1. The highest BCUT2D eigenvalue weighted by atomic mass is 79.9. The number of hydrogen-bond acceptors (Lipinski definition) is 3. The van der Waals surface area contributed by atoms with Crippen LogP contribution in [0.4, 0.5) is 11.4 Å². The molecule has 0 saturated carbocycles. The van der Waals surface area contributed by atoms with Crippen molar-refractivity contribution in [1.29, 1.82) is 0 Å². The second-order valence-electron chi connectivity index (χ2n) is 7.36. The van der Waals surface area contributed by atoms with Crippen LogP contribution in [0.5, 0.6) is 11.5 Å². The minimum Gasteiger partial charge on any atom is -0.457 e. The lowest BCUT2D eigenvalue weighted by Gasteiger charge is -2.19. The molecule has 1 aliphatic rings. The number of benzene rings is 3. The van der Waals surface area contributed by atoms with Gasteiger partial charge >= 0.3 is 0 Å². The highest BCUT2D eigenvalue weighted by Gasteiger charge is 2.35. The molecule has 1 heterocycles. The first-order valence-corrected chi connectivity index (χ1v) is 11.0. The largest absolute Gasteiger partial charge is 0.457 e. The number of nitrogens with one attached hydrogen (secondary N) is 1. The van der Waals surface area contributed by atoms with Crippen molar-refractivity contribution in [3.63, 3.8) is 0 Å². The SMILES string of the molecule is Cc1c(Cl)cccc1N1C[C@H](C(=O)Nc2ccc(Oc3ccc(Br)cc3)cc2)CC1=O. The van der Waals surface area contributed by atoms with Crippen LogP contribution in [0, 0.1) is 12.8 Å². The molecule has 1 aliphatic heterocycles. The van der Waals surface area contributed by atoms with Gasteiger partial charge in [0.25, 0.3) is 0 Å². The van der Waals surface area contributed by atoms with Crippen LogP contribution in [0.25, 0.3) is 0 Å². The Hall–Kier alpha value is -2.83. The monoisotopic (exact) mass is 498 g/mol. The summed E-state index contributed by atoms with van der Waals surface area (Å²) in [6.45, 7) is 2.20. The highest BCUT2D eigenvalue weighted by Crippen LogP contribution is 2.32. The van der Waals surface area contributed by atoms with E-state index in [-0.39, 0.29) is 18.2 Å². The zero-order valence-electron chi connectivity index (χ0n) is 16.8. The van der Waals surface area contributed by atoms with Gasteiger partial charge in [0.15, 0.2) is 0 Å². The smallest absolute Gasteiger partial charge is 0.229 e. The number of hydrogen-bond donors (Lipinski definition) is 1. The topological polar surface area (TPSA) is 58.6 Å². The normalized spacial score (nSPS) is 15.8. The van der Waals surface area contributed by atoms with Crippen LogP contribution in [-0.2, 0) is 9.59 Å². The molecular weight excluding hydrogens is 480 g/mol. The molecule has 1 atom stereocenters. The summed E-state index contributed by atoms with van der Waals surface area (Å²) in [4.78, 5) is 26.9. The number of nitrogens with zero attached hydrogens (tertiary/aromatic N) is 1. The van der Waals surface area contributed by atoms with Gasteiger partial charge in [-0.25, -0.2) is 0 Å². The number of halogens is 2. The van der Waals surface area contributed by atoms with Crippen molar-refractivity contribution in [3.8, 4) is 11.5 Å². The minimum atomic E-state index is -0.426. The predicted octanol–water partition coefficient (Wildman–Crippen LogP) is 6.19. The first-order valence-electron chi connectivity index (χ1n) is 9.80. The van der Waals surface area contributed by atoms with E-state index in [0.29, 0.717) is 23.0 Å². The molecule has 1 saturated heterocycles. The van der Waals surface area contributed by atoms with Crippen molar-refractivity contribution in [3.05, 3.63) is 81.8 Å². The molecule has 31 heavy (non-hydrogen) atoms. The summed E-state index contributed by atoms with van der Waals surface area (Å²) in [5, 5.41) is 3.50. The number of carbonyl (C=O) groups excluding carboxylic acids is 2. The average molecular weight is 500 g/mol. The summed E-state index contributed by atoms with van der Waals surface area (Å²) in [7, 11) is 0. The van der Waals surface area contributed by atoms with Gasteiger partial charge in [-0.3, -0.25) is 9.59 Å². The maximum atomic E-state index is 12.7. The molecule has 158 valence electrons. The van der Waals surface area contributed by atoms with Gasteiger partial charge in [0, 0.05) is 33.8 Å². The molecule has 0 radical (unpaired) electrons. The summed E-state index contributed by atoms with van der Waals surface area (Å²) in [5.74, 6) is 0.699. The van der Waals surface area contributed by atoms with E-state index in [1.807, 2.05) is 43.3 Å². The quantitative estimate of drug-likeness (QED) is 0.455. The Morgan fingerprint density at radius 2 is 1.71 bits per heavy atom. The lowest BCUT2D eigenvalue weighted by Crippen LogP contribution is -2.28. The van der Waals surface area contributed by atoms with E-state index in [4.69, 9.17) is 16.3 Å². The number of carbonyl (C=O) groups is 2. The van der Waals surface area contributed by atoms with E-state index < -0.39 is 5.92 Å². The Bertz CT molecular complexity index is 1120. The van der Waals surface area contributed by atoms with Crippen LogP contribution in [0.1, 0.15) is 12.0 Å². The second kappa shape index (κ2) is 9.12. The second-order valence-corrected chi connectivity index (χ2v) is 8.68. The Morgan fingerprint density at radius 3 is 2.39 bits per heavy atom. The molecule has 0 unspecified atom stereocenters. The van der Waals surface area contributed by atoms with Gasteiger partial charge < -0.3 is 15.0 Å². The van der Waals surface area contributed by atoms with E-state index in [0.717, 1.165) is 21.5 Å². The van der Waals surface area contributed by atoms with Crippen molar-refractivity contribution in [1.82, 2.24) is 0 Å². The third kappa shape index (κ3) is 4.92. The molecule has 2 amide bonds. The number of ether oxygens (including phenoxy) is 1. The molecule has 0 spiro atoms. The van der Waals surface area contributed by atoms with Gasteiger partial charge in [-0.15, -0.1) is 0 Å². The lowest BCUT2D eigenvalue weighted by atomic mass is 10.1. The Kier molecular flexibility index (Phi) is 6.30. The van der Waals surface area contributed by atoms with Crippen molar-refractivity contribution >= 4 is 50.7 Å².